The molecule has 1 N–H and O–H groups in total. The van der Waals surface area contributed by atoms with E-state index >= 15 is 0 Å². The van der Waals surface area contributed by atoms with Crippen LogP contribution in [0.1, 0.15) is 57.0 Å². The van der Waals surface area contributed by atoms with E-state index in [1.165, 1.54) is 41.4 Å². The van der Waals surface area contributed by atoms with Crippen LogP contribution in [-0.4, -0.2) is 24.6 Å². The van der Waals surface area contributed by atoms with Gasteiger partial charge in [-0.3, -0.25) is 0 Å². The number of anilines is 1. The maximum absolute atomic E-state index is 4.88. The van der Waals surface area contributed by atoms with Crippen molar-refractivity contribution in [3.05, 3.63) is 10.6 Å². The van der Waals surface area contributed by atoms with Gasteiger partial charge in [0.25, 0.3) is 0 Å². The van der Waals surface area contributed by atoms with Crippen LogP contribution in [0.4, 0.5) is 5.13 Å². The minimum Gasteiger partial charge on any atom is -0.348 e. The number of hydrogen-bond acceptors (Lipinski definition) is 4. The Labute approximate surface area is 127 Å². The monoisotopic (exact) mass is 295 g/mol. The van der Waals surface area contributed by atoms with Gasteiger partial charge in [0.05, 0.1) is 5.69 Å². The highest BCUT2D eigenvalue weighted by atomic mass is 32.1. The first-order valence-electron chi connectivity index (χ1n) is 8.04. The molecule has 0 spiro atoms. The summed E-state index contributed by atoms with van der Waals surface area (Å²) in [7, 11) is 2.22. The van der Waals surface area contributed by atoms with Gasteiger partial charge in [0.1, 0.15) is 0 Å². The van der Waals surface area contributed by atoms with E-state index in [-0.39, 0.29) is 0 Å². The zero-order valence-corrected chi connectivity index (χ0v) is 14.2. The smallest absolute Gasteiger partial charge is 0.185 e. The van der Waals surface area contributed by atoms with Gasteiger partial charge in [0.15, 0.2) is 5.13 Å². The molecular weight excluding hydrogens is 266 g/mol. The first-order chi connectivity index (χ1) is 9.61. The van der Waals surface area contributed by atoms with E-state index in [2.05, 4.69) is 38.0 Å². The van der Waals surface area contributed by atoms with Crippen molar-refractivity contribution in [2.45, 2.75) is 65.5 Å². The summed E-state index contributed by atoms with van der Waals surface area (Å²) in [5, 5.41) is 4.77. The molecule has 0 amide bonds. The molecule has 114 valence electrons. The van der Waals surface area contributed by atoms with Crippen molar-refractivity contribution in [1.29, 1.82) is 0 Å². The Kier molecular flexibility index (Phi) is 5.85. The van der Waals surface area contributed by atoms with Crippen molar-refractivity contribution >= 4 is 16.5 Å². The quantitative estimate of drug-likeness (QED) is 0.828. The Bertz CT molecular complexity index is 408. The largest absolute Gasteiger partial charge is 0.348 e. The van der Waals surface area contributed by atoms with Gasteiger partial charge in [-0.2, -0.15) is 0 Å². The summed E-state index contributed by atoms with van der Waals surface area (Å²) in [5.74, 6) is 0.702. The summed E-state index contributed by atoms with van der Waals surface area (Å²) in [6, 6.07) is 0.710. The Balaban J connectivity index is 2.01. The second-order valence-electron chi connectivity index (χ2n) is 6.29. The molecule has 2 rings (SSSR count). The van der Waals surface area contributed by atoms with E-state index in [9.17, 15) is 0 Å². The second kappa shape index (κ2) is 7.41. The lowest BCUT2D eigenvalue weighted by atomic mass is 10.2. The molecule has 1 heterocycles. The van der Waals surface area contributed by atoms with Crippen molar-refractivity contribution in [3.8, 4) is 0 Å². The number of nitrogens with one attached hydrogen (secondary N) is 1. The van der Waals surface area contributed by atoms with Crippen LogP contribution in [0, 0.1) is 5.92 Å². The first kappa shape index (κ1) is 15.8. The number of aryl methyl sites for hydroxylation is 1. The van der Waals surface area contributed by atoms with Gasteiger partial charge in [0.2, 0.25) is 0 Å². The molecule has 0 aromatic carbocycles. The molecule has 0 atom stereocenters. The molecule has 1 aromatic heterocycles. The highest BCUT2D eigenvalue weighted by Gasteiger charge is 2.22. The fourth-order valence-electron chi connectivity index (χ4n) is 2.86. The van der Waals surface area contributed by atoms with Crippen molar-refractivity contribution in [2.75, 3.05) is 18.5 Å². The number of thiazole rings is 1. The number of nitrogens with zero attached hydrogens (tertiary/aromatic N) is 2. The number of aromatic nitrogens is 1. The van der Waals surface area contributed by atoms with E-state index in [0.717, 1.165) is 19.5 Å². The maximum atomic E-state index is 4.88. The molecule has 1 fully saturated rings. The van der Waals surface area contributed by atoms with Crippen molar-refractivity contribution in [3.63, 3.8) is 0 Å². The topological polar surface area (TPSA) is 28.2 Å². The molecule has 4 heteroatoms. The van der Waals surface area contributed by atoms with Gasteiger partial charge >= 0.3 is 0 Å². The standard InChI is InChI=1S/C16H29N3S/c1-5-14-15(11-17-10-12(2)3)20-16(18-14)19(4)13-8-6-7-9-13/h12-13,17H,5-11H2,1-4H3. The van der Waals surface area contributed by atoms with Crippen molar-refractivity contribution < 1.29 is 0 Å². The molecule has 0 aliphatic heterocycles. The zero-order valence-electron chi connectivity index (χ0n) is 13.4. The van der Waals surface area contributed by atoms with Gasteiger partial charge in [-0.15, -0.1) is 11.3 Å². The van der Waals surface area contributed by atoms with E-state index in [4.69, 9.17) is 4.98 Å². The van der Waals surface area contributed by atoms with E-state index < -0.39 is 0 Å². The molecule has 0 unspecified atom stereocenters. The summed E-state index contributed by atoms with van der Waals surface area (Å²) < 4.78 is 0. The number of rotatable bonds is 7. The van der Waals surface area contributed by atoms with Crippen LogP contribution in [0.3, 0.4) is 0 Å². The van der Waals surface area contributed by atoms with Gasteiger partial charge in [-0.25, -0.2) is 4.98 Å². The van der Waals surface area contributed by atoms with Crippen LogP contribution >= 0.6 is 11.3 Å². The van der Waals surface area contributed by atoms with E-state index in [0.29, 0.717) is 12.0 Å². The fourth-order valence-corrected chi connectivity index (χ4v) is 4.01. The molecule has 0 radical (unpaired) electrons. The average molecular weight is 295 g/mol. The lowest BCUT2D eigenvalue weighted by Gasteiger charge is -2.23. The third-order valence-corrected chi connectivity index (χ3v) is 5.30. The van der Waals surface area contributed by atoms with Gasteiger partial charge in [-0.1, -0.05) is 33.6 Å². The van der Waals surface area contributed by atoms with Gasteiger partial charge in [0, 0.05) is 24.5 Å². The zero-order chi connectivity index (χ0) is 14.5. The molecule has 1 aliphatic rings. The highest BCUT2D eigenvalue weighted by Crippen LogP contribution is 2.31. The fraction of sp³-hybridized carbons (Fsp3) is 0.812. The summed E-state index contributed by atoms with van der Waals surface area (Å²) in [5.41, 5.74) is 1.28. The van der Waals surface area contributed by atoms with Crippen LogP contribution in [0.15, 0.2) is 0 Å². The Morgan fingerprint density at radius 2 is 2.05 bits per heavy atom. The third-order valence-electron chi connectivity index (χ3n) is 4.11. The summed E-state index contributed by atoms with van der Waals surface area (Å²) >= 11 is 1.88. The molecule has 20 heavy (non-hydrogen) atoms. The van der Waals surface area contributed by atoms with Crippen LogP contribution in [0.2, 0.25) is 0 Å². The van der Waals surface area contributed by atoms with Crippen LogP contribution in [-0.2, 0) is 13.0 Å². The summed E-state index contributed by atoms with van der Waals surface area (Å²) in [4.78, 5) is 8.72. The van der Waals surface area contributed by atoms with Crippen molar-refractivity contribution in [1.82, 2.24) is 10.3 Å². The Morgan fingerprint density at radius 1 is 1.35 bits per heavy atom. The maximum Gasteiger partial charge on any atom is 0.185 e. The minimum absolute atomic E-state index is 0.702. The summed E-state index contributed by atoms with van der Waals surface area (Å²) in [6.45, 7) is 8.76. The van der Waals surface area contributed by atoms with Crippen LogP contribution < -0.4 is 10.2 Å². The molecular formula is C16H29N3S. The Morgan fingerprint density at radius 3 is 2.65 bits per heavy atom. The normalized spacial score (nSPS) is 16.2. The first-order valence-corrected chi connectivity index (χ1v) is 8.85. The minimum atomic E-state index is 0.702. The SMILES string of the molecule is CCc1nc(N(C)C2CCCC2)sc1CNCC(C)C. The predicted molar refractivity (Wildman–Crippen MR) is 88.7 cm³/mol. The number of hydrogen-bond donors (Lipinski definition) is 1. The van der Waals surface area contributed by atoms with Crippen LogP contribution in [0.5, 0.6) is 0 Å². The van der Waals surface area contributed by atoms with E-state index in [1.54, 1.807) is 0 Å². The molecule has 1 aliphatic carbocycles. The summed E-state index contributed by atoms with van der Waals surface area (Å²) in [6.07, 6.45) is 6.46. The molecule has 3 nitrogen and oxygen atoms in total. The molecule has 0 bridgehead atoms. The average Bonchev–Trinajstić information content (AvgIpc) is 3.06. The molecule has 1 aromatic rings. The van der Waals surface area contributed by atoms with Crippen LogP contribution in [0.25, 0.3) is 0 Å². The lowest BCUT2D eigenvalue weighted by molar-refractivity contribution is 0.553. The van der Waals surface area contributed by atoms with Gasteiger partial charge < -0.3 is 10.2 Å². The van der Waals surface area contributed by atoms with Gasteiger partial charge in [-0.05, 0) is 31.7 Å². The van der Waals surface area contributed by atoms with E-state index in [1.807, 2.05) is 11.3 Å². The van der Waals surface area contributed by atoms with Crippen molar-refractivity contribution in [2.24, 2.45) is 5.92 Å². The third kappa shape index (κ3) is 3.95. The Hall–Kier alpha value is -0.610. The second-order valence-corrected chi connectivity index (χ2v) is 7.36. The lowest BCUT2D eigenvalue weighted by Crippen LogP contribution is -2.28. The highest BCUT2D eigenvalue weighted by molar-refractivity contribution is 7.15. The predicted octanol–water partition coefficient (Wildman–Crippen LogP) is 3.83. The molecule has 0 saturated heterocycles. The molecule has 1 saturated carbocycles.